The van der Waals surface area contributed by atoms with Crippen LogP contribution in [0.5, 0.6) is 0 Å². The molecular formula is C12H13F2NO2. The fourth-order valence-electron chi connectivity index (χ4n) is 2.38. The van der Waals surface area contributed by atoms with Gasteiger partial charge in [0, 0.05) is 25.1 Å². The molecule has 1 aliphatic heterocycles. The second-order valence-electron chi connectivity index (χ2n) is 4.48. The maximum absolute atomic E-state index is 13.1. The number of rotatable bonds is 2. The molecule has 92 valence electrons. The lowest BCUT2D eigenvalue weighted by Gasteiger charge is -2.15. The lowest BCUT2D eigenvalue weighted by molar-refractivity contribution is -0.141. The quantitative estimate of drug-likeness (QED) is 0.856. The van der Waals surface area contributed by atoms with Crippen molar-refractivity contribution in [3.8, 4) is 0 Å². The second kappa shape index (κ2) is 4.41. The molecule has 0 aliphatic carbocycles. The van der Waals surface area contributed by atoms with E-state index in [0.29, 0.717) is 18.7 Å². The van der Waals surface area contributed by atoms with Crippen LogP contribution in [0.4, 0.5) is 8.78 Å². The van der Waals surface area contributed by atoms with E-state index in [9.17, 15) is 13.6 Å². The van der Waals surface area contributed by atoms with Crippen LogP contribution < -0.4 is 0 Å². The maximum atomic E-state index is 13.1. The Morgan fingerprint density at radius 2 is 1.88 bits per heavy atom. The first-order valence-electron chi connectivity index (χ1n) is 5.34. The summed E-state index contributed by atoms with van der Waals surface area (Å²) in [6, 6.07) is 3.21. The van der Waals surface area contributed by atoms with Crippen LogP contribution in [0.25, 0.3) is 0 Å². The predicted molar refractivity (Wildman–Crippen MR) is 57.7 cm³/mol. The van der Waals surface area contributed by atoms with Crippen LogP contribution in [-0.2, 0) is 4.79 Å². The van der Waals surface area contributed by atoms with Gasteiger partial charge in [-0.1, -0.05) is 0 Å². The molecule has 1 N–H and O–H groups in total. The summed E-state index contributed by atoms with van der Waals surface area (Å²) in [5.74, 6) is -3.23. The van der Waals surface area contributed by atoms with Gasteiger partial charge in [-0.15, -0.1) is 0 Å². The van der Waals surface area contributed by atoms with Crippen LogP contribution in [0.3, 0.4) is 0 Å². The largest absolute Gasteiger partial charge is 0.481 e. The van der Waals surface area contributed by atoms with Crippen LogP contribution in [0.15, 0.2) is 18.2 Å². The average molecular weight is 241 g/mol. The highest BCUT2D eigenvalue weighted by atomic mass is 19.1. The van der Waals surface area contributed by atoms with Crippen molar-refractivity contribution in [3.05, 3.63) is 35.4 Å². The normalized spacial score (nSPS) is 25.1. The molecule has 2 rings (SSSR count). The SMILES string of the molecule is CN1CC(C(=O)O)C(c2cc(F)cc(F)c2)C1. The van der Waals surface area contributed by atoms with E-state index < -0.39 is 23.5 Å². The van der Waals surface area contributed by atoms with Crippen LogP contribution in [-0.4, -0.2) is 36.1 Å². The van der Waals surface area contributed by atoms with Gasteiger partial charge in [0.05, 0.1) is 5.92 Å². The van der Waals surface area contributed by atoms with E-state index >= 15 is 0 Å². The minimum absolute atomic E-state index is 0.359. The van der Waals surface area contributed by atoms with Gasteiger partial charge in [-0.2, -0.15) is 0 Å². The molecule has 0 amide bonds. The van der Waals surface area contributed by atoms with Gasteiger partial charge >= 0.3 is 5.97 Å². The van der Waals surface area contributed by atoms with Crippen LogP contribution >= 0.6 is 0 Å². The molecule has 0 bridgehead atoms. The number of carboxylic acids is 1. The first-order valence-corrected chi connectivity index (χ1v) is 5.34. The Bertz CT molecular complexity index is 430. The molecule has 17 heavy (non-hydrogen) atoms. The van der Waals surface area contributed by atoms with Gasteiger partial charge < -0.3 is 10.0 Å². The summed E-state index contributed by atoms with van der Waals surface area (Å²) in [4.78, 5) is 12.9. The molecule has 1 aromatic rings. The zero-order valence-corrected chi connectivity index (χ0v) is 9.36. The molecule has 1 aromatic carbocycles. The number of carboxylic acid groups (broad SMARTS) is 1. The summed E-state index contributed by atoms with van der Waals surface area (Å²) in [5.41, 5.74) is 0.416. The average Bonchev–Trinajstić information content (AvgIpc) is 2.59. The van der Waals surface area contributed by atoms with Crippen molar-refractivity contribution in [2.45, 2.75) is 5.92 Å². The fourth-order valence-corrected chi connectivity index (χ4v) is 2.38. The van der Waals surface area contributed by atoms with Crippen molar-refractivity contribution in [1.29, 1.82) is 0 Å². The van der Waals surface area contributed by atoms with E-state index in [1.807, 2.05) is 4.90 Å². The lowest BCUT2D eigenvalue weighted by atomic mass is 9.89. The molecule has 1 heterocycles. The molecule has 0 radical (unpaired) electrons. The molecule has 0 spiro atoms. The van der Waals surface area contributed by atoms with Gasteiger partial charge in [0.25, 0.3) is 0 Å². The zero-order chi connectivity index (χ0) is 12.6. The first-order chi connectivity index (χ1) is 7.97. The van der Waals surface area contributed by atoms with Gasteiger partial charge in [0.1, 0.15) is 11.6 Å². The summed E-state index contributed by atoms with van der Waals surface area (Å²) in [6.07, 6.45) is 0. The Kier molecular flexibility index (Phi) is 3.11. The standard InChI is InChI=1S/C12H13F2NO2/c1-15-5-10(11(6-15)12(16)17)7-2-8(13)4-9(14)3-7/h2-4,10-11H,5-6H2,1H3,(H,16,17). The first kappa shape index (κ1) is 12.0. The maximum Gasteiger partial charge on any atom is 0.308 e. The van der Waals surface area contributed by atoms with Crippen molar-refractivity contribution in [3.63, 3.8) is 0 Å². The number of likely N-dealkylation sites (tertiary alicyclic amines) is 1. The number of benzene rings is 1. The highest BCUT2D eigenvalue weighted by Crippen LogP contribution is 2.32. The second-order valence-corrected chi connectivity index (χ2v) is 4.48. The number of halogens is 2. The minimum Gasteiger partial charge on any atom is -0.481 e. The summed E-state index contributed by atoms with van der Waals surface area (Å²) in [5, 5.41) is 9.09. The van der Waals surface area contributed by atoms with Gasteiger partial charge in [0.15, 0.2) is 0 Å². The van der Waals surface area contributed by atoms with Crippen molar-refractivity contribution >= 4 is 5.97 Å². The molecule has 3 nitrogen and oxygen atoms in total. The number of carbonyl (C=O) groups is 1. The van der Waals surface area contributed by atoms with Gasteiger partial charge in [-0.25, -0.2) is 8.78 Å². The zero-order valence-electron chi connectivity index (χ0n) is 9.36. The molecule has 5 heteroatoms. The number of nitrogens with zero attached hydrogens (tertiary/aromatic N) is 1. The third-order valence-corrected chi connectivity index (χ3v) is 3.13. The third kappa shape index (κ3) is 2.44. The van der Waals surface area contributed by atoms with Crippen LogP contribution in [0.1, 0.15) is 11.5 Å². The van der Waals surface area contributed by atoms with E-state index in [1.54, 1.807) is 7.05 Å². The molecular weight excluding hydrogens is 228 g/mol. The highest BCUT2D eigenvalue weighted by Gasteiger charge is 2.37. The third-order valence-electron chi connectivity index (χ3n) is 3.13. The molecule has 1 fully saturated rings. The fraction of sp³-hybridized carbons (Fsp3) is 0.417. The molecule has 2 atom stereocenters. The molecule has 0 aromatic heterocycles. The van der Waals surface area contributed by atoms with E-state index in [0.717, 1.165) is 6.07 Å². The Morgan fingerprint density at radius 1 is 1.29 bits per heavy atom. The minimum atomic E-state index is -0.927. The Morgan fingerprint density at radius 3 is 2.41 bits per heavy atom. The summed E-state index contributed by atoms with van der Waals surface area (Å²) < 4.78 is 26.2. The van der Waals surface area contributed by atoms with Crippen LogP contribution in [0, 0.1) is 17.6 Å². The van der Waals surface area contributed by atoms with Gasteiger partial charge in [0.2, 0.25) is 0 Å². The van der Waals surface area contributed by atoms with E-state index in [-0.39, 0.29) is 5.92 Å². The molecule has 1 saturated heterocycles. The number of hydrogen-bond donors (Lipinski definition) is 1. The lowest BCUT2D eigenvalue weighted by Crippen LogP contribution is -2.21. The van der Waals surface area contributed by atoms with Crippen molar-refractivity contribution in [2.75, 3.05) is 20.1 Å². The number of aliphatic carboxylic acids is 1. The number of likely N-dealkylation sites (N-methyl/N-ethyl adjacent to an activating group) is 1. The van der Waals surface area contributed by atoms with E-state index in [1.165, 1.54) is 12.1 Å². The summed E-state index contributed by atoms with van der Waals surface area (Å²) in [7, 11) is 1.80. The van der Waals surface area contributed by atoms with Crippen molar-refractivity contribution < 1.29 is 18.7 Å². The van der Waals surface area contributed by atoms with E-state index in [4.69, 9.17) is 5.11 Å². The van der Waals surface area contributed by atoms with Gasteiger partial charge in [-0.05, 0) is 24.7 Å². The van der Waals surface area contributed by atoms with Crippen LogP contribution in [0.2, 0.25) is 0 Å². The highest BCUT2D eigenvalue weighted by molar-refractivity contribution is 5.72. The van der Waals surface area contributed by atoms with Crippen molar-refractivity contribution in [2.24, 2.45) is 5.92 Å². The van der Waals surface area contributed by atoms with E-state index in [2.05, 4.69) is 0 Å². The Labute approximate surface area is 97.7 Å². The predicted octanol–water partition coefficient (Wildman–Crippen LogP) is 1.69. The van der Waals surface area contributed by atoms with Gasteiger partial charge in [-0.3, -0.25) is 4.79 Å². The molecule has 2 unspecified atom stereocenters. The summed E-state index contributed by atoms with van der Waals surface area (Å²) in [6.45, 7) is 0.901. The topological polar surface area (TPSA) is 40.5 Å². The monoisotopic (exact) mass is 241 g/mol. The smallest absolute Gasteiger partial charge is 0.308 e. The Balaban J connectivity index is 2.34. The molecule has 0 saturated carbocycles. The Hall–Kier alpha value is -1.49. The molecule has 1 aliphatic rings. The summed E-state index contributed by atoms with van der Waals surface area (Å²) >= 11 is 0. The van der Waals surface area contributed by atoms with Crippen molar-refractivity contribution in [1.82, 2.24) is 4.90 Å². The number of hydrogen-bond acceptors (Lipinski definition) is 2.